The lowest BCUT2D eigenvalue weighted by atomic mass is 9.85. The predicted molar refractivity (Wildman–Crippen MR) is 84.3 cm³/mol. The number of hydrogen-bond acceptors (Lipinski definition) is 1. The van der Waals surface area contributed by atoms with Gasteiger partial charge in [0.25, 0.3) is 5.56 Å². The van der Waals surface area contributed by atoms with Crippen molar-refractivity contribution in [3.05, 3.63) is 45.7 Å². The molecule has 0 radical (unpaired) electrons. The molecule has 108 valence electrons. The smallest absolute Gasteiger partial charge is 0.271 e. The third kappa shape index (κ3) is 2.45. The molecule has 0 aliphatic heterocycles. The summed E-state index contributed by atoms with van der Waals surface area (Å²) in [5, 5.41) is 3.32. The molecule has 3 nitrogen and oxygen atoms in total. The number of benzene rings is 1. The molecule has 2 rings (SSSR count). The molecule has 0 saturated heterocycles. The van der Waals surface area contributed by atoms with E-state index in [9.17, 15) is 4.79 Å². The molecule has 0 spiro atoms. The van der Waals surface area contributed by atoms with Gasteiger partial charge in [-0.1, -0.05) is 45.0 Å². The summed E-state index contributed by atoms with van der Waals surface area (Å²) in [6.07, 6.45) is 0. The fourth-order valence-electron chi connectivity index (χ4n) is 2.56. The van der Waals surface area contributed by atoms with Gasteiger partial charge in [-0.3, -0.25) is 9.89 Å². The second-order valence-electron chi connectivity index (χ2n) is 6.70. The van der Waals surface area contributed by atoms with Gasteiger partial charge in [-0.2, -0.15) is 0 Å². The van der Waals surface area contributed by atoms with Crippen LogP contribution in [0.2, 0.25) is 0 Å². The molecule has 2 aromatic rings. The van der Waals surface area contributed by atoms with Crippen molar-refractivity contribution >= 4 is 0 Å². The molecule has 0 aliphatic carbocycles. The molecule has 0 bridgehead atoms. The summed E-state index contributed by atoms with van der Waals surface area (Å²) in [5.74, 6) is 0. The van der Waals surface area contributed by atoms with Crippen LogP contribution >= 0.6 is 0 Å². The first-order valence-electron chi connectivity index (χ1n) is 7.14. The summed E-state index contributed by atoms with van der Waals surface area (Å²) in [4.78, 5) is 12.7. The second kappa shape index (κ2) is 4.97. The van der Waals surface area contributed by atoms with E-state index >= 15 is 0 Å². The van der Waals surface area contributed by atoms with Gasteiger partial charge in [0.15, 0.2) is 0 Å². The molecule has 1 aromatic heterocycles. The highest BCUT2D eigenvalue weighted by Gasteiger charge is 2.27. The predicted octanol–water partition coefficient (Wildman–Crippen LogP) is 4.03. The molecule has 1 heterocycles. The fraction of sp³-hybridized carbons (Fsp3) is 0.471. The van der Waals surface area contributed by atoms with Crippen molar-refractivity contribution in [1.82, 2.24) is 9.78 Å². The molecular formula is C17H24N2O. The lowest BCUT2D eigenvalue weighted by molar-refractivity contribution is 0.510. The van der Waals surface area contributed by atoms with Crippen LogP contribution in [0.5, 0.6) is 0 Å². The maximum absolute atomic E-state index is 12.7. The van der Waals surface area contributed by atoms with Gasteiger partial charge in [0.05, 0.1) is 5.69 Å². The first-order chi connectivity index (χ1) is 9.23. The monoisotopic (exact) mass is 272 g/mol. The Hall–Kier alpha value is -1.77. The molecule has 1 aromatic carbocycles. The quantitative estimate of drug-likeness (QED) is 0.880. The highest BCUT2D eigenvalue weighted by atomic mass is 16.1. The molecule has 0 fully saturated rings. The highest BCUT2D eigenvalue weighted by molar-refractivity contribution is 5.67. The van der Waals surface area contributed by atoms with Crippen LogP contribution in [0.1, 0.15) is 51.8 Å². The summed E-state index contributed by atoms with van der Waals surface area (Å²) in [6, 6.07) is 8.31. The van der Waals surface area contributed by atoms with Crippen LogP contribution in [0.25, 0.3) is 11.3 Å². The molecule has 0 saturated carbocycles. The van der Waals surface area contributed by atoms with Crippen LogP contribution in [0, 0.1) is 6.92 Å². The summed E-state index contributed by atoms with van der Waals surface area (Å²) in [6.45, 7) is 12.4. The van der Waals surface area contributed by atoms with Crippen molar-refractivity contribution in [1.29, 1.82) is 0 Å². The molecule has 0 atom stereocenters. The summed E-state index contributed by atoms with van der Waals surface area (Å²) >= 11 is 0. The number of rotatable bonds is 2. The van der Waals surface area contributed by atoms with Gasteiger partial charge in [0.1, 0.15) is 0 Å². The molecule has 3 heteroatoms. The van der Waals surface area contributed by atoms with Gasteiger partial charge in [-0.05, 0) is 31.7 Å². The number of aromatic amines is 1. The maximum Gasteiger partial charge on any atom is 0.271 e. The first-order valence-corrected chi connectivity index (χ1v) is 7.14. The average Bonchev–Trinajstić information content (AvgIpc) is 2.67. The highest BCUT2D eigenvalue weighted by Crippen LogP contribution is 2.31. The molecule has 20 heavy (non-hydrogen) atoms. The van der Waals surface area contributed by atoms with Crippen molar-refractivity contribution in [3.8, 4) is 11.3 Å². The van der Waals surface area contributed by atoms with Gasteiger partial charge in [-0.25, -0.2) is 4.68 Å². The van der Waals surface area contributed by atoms with Crippen LogP contribution in [0.3, 0.4) is 0 Å². The van der Waals surface area contributed by atoms with Crippen LogP contribution in [0.15, 0.2) is 29.1 Å². The summed E-state index contributed by atoms with van der Waals surface area (Å²) in [7, 11) is 0. The van der Waals surface area contributed by atoms with Crippen LogP contribution in [-0.2, 0) is 5.41 Å². The third-order valence-electron chi connectivity index (χ3n) is 3.60. The number of nitrogens with zero attached hydrogens (tertiary/aromatic N) is 1. The maximum atomic E-state index is 12.7. The van der Waals surface area contributed by atoms with Crippen molar-refractivity contribution in [2.75, 3.05) is 0 Å². The molecule has 0 aliphatic rings. The Morgan fingerprint density at radius 1 is 1.15 bits per heavy atom. The minimum Gasteiger partial charge on any atom is -0.294 e. The number of aryl methyl sites for hydroxylation is 1. The lowest BCUT2D eigenvalue weighted by Gasteiger charge is -2.18. The second-order valence-corrected chi connectivity index (χ2v) is 6.70. The van der Waals surface area contributed by atoms with E-state index in [4.69, 9.17) is 0 Å². The Labute approximate surface area is 120 Å². The number of nitrogens with one attached hydrogen (secondary N) is 1. The third-order valence-corrected chi connectivity index (χ3v) is 3.60. The van der Waals surface area contributed by atoms with Gasteiger partial charge < -0.3 is 0 Å². The number of hydrogen-bond donors (Lipinski definition) is 1. The van der Waals surface area contributed by atoms with Crippen LogP contribution in [0.4, 0.5) is 0 Å². The van der Waals surface area contributed by atoms with E-state index in [1.54, 1.807) is 4.68 Å². The number of aromatic nitrogens is 2. The minimum atomic E-state index is -0.189. The van der Waals surface area contributed by atoms with E-state index in [1.165, 1.54) is 5.56 Å². The van der Waals surface area contributed by atoms with Crippen molar-refractivity contribution < 1.29 is 0 Å². The van der Waals surface area contributed by atoms with Crippen molar-refractivity contribution in [2.24, 2.45) is 0 Å². The molecule has 1 N–H and O–H groups in total. The fourth-order valence-corrected chi connectivity index (χ4v) is 2.56. The Kier molecular flexibility index (Phi) is 3.63. The van der Waals surface area contributed by atoms with E-state index in [0.717, 1.165) is 16.8 Å². The van der Waals surface area contributed by atoms with E-state index in [-0.39, 0.29) is 17.0 Å². The van der Waals surface area contributed by atoms with Gasteiger partial charge in [-0.15, -0.1) is 0 Å². The van der Waals surface area contributed by atoms with Crippen LogP contribution in [-0.4, -0.2) is 9.78 Å². The largest absolute Gasteiger partial charge is 0.294 e. The summed E-state index contributed by atoms with van der Waals surface area (Å²) in [5.41, 5.74) is 4.00. The number of H-pyrrole nitrogens is 1. The van der Waals surface area contributed by atoms with Gasteiger partial charge >= 0.3 is 0 Å². The van der Waals surface area contributed by atoms with Crippen LogP contribution < -0.4 is 5.56 Å². The first kappa shape index (κ1) is 14.6. The molecule has 0 unspecified atom stereocenters. The standard InChI is InChI=1S/C17H24N2O/c1-11(2)19-16(20)14(17(4,5)6)15(18-19)13-10-8-7-9-12(13)3/h7-11,18H,1-6H3. The zero-order valence-corrected chi connectivity index (χ0v) is 13.2. The average molecular weight is 272 g/mol. The Morgan fingerprint density at radius 2 is 1.75 bits per heavy atom. The lowest BCUT2D eigenvalue weighted by Crippen LogP contribution is -2.27. The zero-order valence-electron chi connectivity index (χ0n) is 13.2. The topological polar surface area (TPSA) is 37.8 Å². The minimum absolute atomic E-state index is 0.0887. The van der Waals surface area contributed by atoms with E-state index in [1.807, 2.05) is 26.0 Å². The van der Waals surface area contributed by atoms with E-state index in [0.29, 0.717) is 0 Å². The summed E-state index contributed by atoms with van der Waals surface area (Å²) < 4.78 is 1.72. The van der Waals surface area contributed by atoms with E-state index in [2.05, 4.69) is 44.9 Å². The SMILES string of the molecule is Cc1ccccc1-c1[nH]n(C(C)C)c(=O)c1C(C)(C)C. The molecular weight excluding hydrogens is 248 g/mol. The van der Waals surface area contributed by atoms with E-state index < -0.39 is 0 Å². The Bertz CT molecular complexity index is 669. The van der Waals surface area contributed by atoms with Gasteiger partial charge in [0.2, 0.25) is 0 Å². The Balaban J connectivity index is 2.80. The van der Waals surface area contributed by atoms with Crippen molar-refractivity contribution in [3.63, 3.8) is 0 Å². The molecule has 0 amide bonds. The normalized spacial score (nSPS) is 12.2. The Morgan fingerprint density at radius 3 is 2.25 bits per heavy atom. The van der Waals surface area contributed by atoms with Crippen molar-refractivity contribution in [2.45, 2.75) is 53.0 Å². The van der Waals surface area contributed by atoms with Gasteiger partial charge in [0, 0.05) is 17.2 Å². The zero-order chi connectivity index (χ0) is 15.1.